The zero-order valence-electron chi connectivity index (χ0n) is 20.0. The van der Waals surface area contributed by atoms with Crippen molar-refractivity contribution in [2.45, 2.75) is 68.8 Å². The second-order valence-corrected chi connectivity index (χ2v) is 11.9. The minimum absolute atomic E-state index is 0.0420. The lowest BCUT2D eigenvalue weighted by Crippen LogP contribution is -2.52. The van der Waals surface area contributed by atoms with Crippen LogP contribution in [-0.2, 0) is 21.2 Å². The fraction of sp³-hybridized carbons (Fsp3) is 0.500. The molecular formula is C26H33ClFN3O3S. The van der Waals surface area contributed by atoms with Gasteiger partial charge in [-0.3, -0.25) is 4.79 Å². The number of rotatable bonds is 9. The van der Waals surface area contributed by atoms with E-state index >= 15 is 0 Å². The van der Waals surface area contributed by atoms with Crippen LogP contribution in [-0.4, -0.2) is 39.5 Å². The number of halogens is 2. The Balaban J connectivity index is 1.44. The quantitative estimate of drug-likeness (QED) is 0.503. The predicted molar refractivity (Wildman–Crippen MR) is 137 cm³/mol. The van der Waals surface area contributed by atoms with Gasteiger partial charge in [0.05, 0.1) is 4.90 Å². The van der Waals surface area contributed by atoms with Crippen molar-refractivity contribution in [2.75, 3.05) is 18.0 Å². The largest absolute Gasteiger partial charge is 0.369 e. The lowest BCUT2D eigenvalue weighted by molar-refractivity contribution is -0.123. The highest BCUT2D eigenvalue weighted by molar-refractivity contribution is 7.89. The van der Waals surface area contributed by atoms with E-state index < -0.39 is 16.1 Å². The molecule has 1 fully saturated rings. The standard InChI is InChI=1S/C26H33ClFN3O3S/c1-18(17-31-13-12-20-15-22(28)10-11-25(20)31)29-26(32)24(14-19-6-3-2-4-7-19)30-35(33,34)23-9-5-8-21(27)16-23/h5,8-11,15-16,18-19,24,30H,2-4,6-7,12-14,17H2,1H3,(H,29,32)/t18?,24-/m0/s1. The summed E-state index contributed by atoms with van der Waals surface area (Å²) in [6.45, 7) is 3.22. The third-order valence-electron chi connectivity index (χ3n) is 6.93. The number of fused-ring (bicyclic) bond motifs is 1. The zero-order chi connectivity index (χ0) is 25.0. The monoisotopic (exact) mass is 521 g/mol. The van der Waals surface area contributed by atoms with Crippen LogP contribution >= 0.6 is 11.6 Å². The molecule has 1 heterocycles. The second-order valence-electron chi connectivity index (χ2n) is 9.75. The molecule has 2 N–H and O–H groups in total. The Hall–Kier alpha value is -2.16. The molecule has 35 heavy (non-hydrogen) atoms. The van der Waals surface area contributed by atoms with Crippen molar-refractivity contribution >= 4 is 33.2 Å². The molecule has 9 heteroatoms. The van der Waals surface area contributed by atoms with Gasteiger partial charge in [-0.25, -0.2) is 12.8 Å². The van der Waals surface area contributed by atoms with E-state index in [-0.39, 0.29) is 22.7 Å². The van der Waals surface area contributed by atoms with E-state index in [9.17, 15) is 17.6 Å². The maximum atomic E-state index is 13.5. The molecule has 0 spiro atoms. The minimum atomic E-state index is -3.92. The van der Waals surface area contributed by atoms with Crippen LogP contribution in [0.15, 0.2) is 47.4 Å². The maximum Gasteiger partial charge on any atom is 0.241 e. The van der Waals surface area contributed by atoms with Gasteiger partial charge >= 0.3 is 0 Å². The van der Waals surface area contributed by atoms with E-state index in [1.165, 1.54) is 24.6 Å². The van der Waals surface area contributed by atoms with Crippen molar-refractivity contribution in [1.29, 1.82) is 0 Å². The molecule has 1 unspecified atom stereocenters. The molecule has 0 radical (unpaired) electrons. The van der Waals surface area contributed by atoms with Gasteiger partial charge in [0, 0.05) is 29.8 Å². The van der Waals surface area contributed by atoms with E-state index in [1.54, 1.807) is 24.3 Å². The summed E-state index contributed by atoms with van der Waals surface area (Å²) >= 11 is 6.00. The summed E-state index contributed by atoms with van der Waals surface area (Å²) in [5, 5.41) is 3.34. The van der Waals surface area contributed by atoms with Crippen LogP contribution in [0.4, 0.5) is 10.1 Å². The summed E-state index contributed by atoms with van der Waals surface area (Å²) in [5.74, 6) is -0.270. The van der Waals surface area contributed by atoms with Crippen molar-refractivity contribution in [3.8, 4) is 0 Å². The van der Waals surface area contributed by atoms with Gasteiger partial charge in [0.15, 0.2) is 0 Å². The molecular weight excluding hydrogens is 489 g/mol. The van der Waals surface area contributed by atoms with E-state index in [0.29, 0.717) is 23.9 Å². The molecule has 0 aromatic heterocycles. The minimum Gasteiger partial charge on any atom is -0.369 e. The first-order valence-electron chi connectivity index (χ1n) is 12.3. The number of hydrogen-bond donors (Lipinski definition) is 2. The molecule has 1 aliphatic heterocycles. The number of anilines is 1. The van der Waals surface area contributed by atoms with E-state index in [2.05, 4.69) is 14.9 Å². The highest BCUT2D eigenvalue weighted by Gasteiger charge is 2.30. The second kappa shape index (κ2) is 11.3. The van der Waals surface area contributed by atoms with E-state index in [0.717, 1.165) is 49.9 Å². The Morgan fingerprint density at radius 2 is 1.94 bits per heavy atom. The molecule has 1 saturated carbocycles. The fourth-order valence-corrected chi connectivity index (χ4v) is 6.71. The normalized spacial score (nSPS) is 18.2. The van der Waals surface area contributed by atoms with Crippen molar-refractivity contribution in [1.82, 2.24) is 10.0 Å². The number of hydrogen-bond acceptors (Lipinski definition) is 4. The Morgan fingerprint density at radius 3 is 2.69 bits per heavy atom. The number of carbonyl (C=O) groups excluding carboxylic acids is 1. The Morgan fingerprint density at radius 1 is 1.17 bits per heavy atom. The van der Waals surface area contributed by atoms with Crippen molar-refractivity contribution in [3.63, 3.8) is 0 Å². The lowest BCUT2D eigenvalue weighted by atomic mass is 9.85. The number of carbonyl (C=O) groups is 1. The summed E-state index contributed by atoms with van der Waals surface area (Å²) in [4.78, 5) is 15.5. The first-order valence-corrected chi connectivity index (χ1v) is 14.2. The summed E-state index contributed by atoms with van der Waals surface area (Å²) in [5.41, 5.74) is 1.95. The Bertz CT molecular complexity index is 1150. The molecule has 2 aromatic rings. The molecule has 2 aromatic carbocycles. The highest BCUT2D eigenvalue weighted by Crippen LogP contribution is 2.29. The molecule has 0 bridgehead atoms. The van der Waals surface area contributed by atoms with Gasteiger partial charge in [0.1, 0.15) is 11.9 Å². The third-order valence-corrected chi connectivity index (χ3v) is 8.63. The molecule has 6 nitrogen and oxygen atoms in total. The molecule has 1 aliphatic carbocycles. The van der Waals surface area contributed by atoms with Gasteiger partial charge in [-0.05, 0) is 67.6 Å². The van der Waals surface area contributed by atoms with Crippen LogP contribution in [0.25, 0.3) is 0 Å². The van der Waals surface area contributed by atoms with Crippen LogP contribution < -0.4 is 14.9 Å². The van der Waals surface area contributed by atoms with Gasteiger partial charge in [0.25, 0.3) is 0 Å². The first kappa shape index (κ1) is 25.9. The van der Waals surface area contributed by atoms with Crippen LogP contribution in [0.3, 0.4) is 0 Å². The summed E-state index contributed by atoms with van der Waals surface area (Å²) in [6, 6.07) is 9.74. The number of nitrogens with one attached hydrogen (secondary N) is 2. The fourth-order valence-electron chi connectivity index (χ4n) is 5.20. The molecule has 0 saturated heterocycles. The molecule has 1 amide bonds. The van der Waals surface area contributed by atoms with Crippen molar-refractivity contribution < 1.29 is 17.6 Å². The number of amides is 1. The van der Waals surface area contributed by atoms with E-state index in [1.807, 2.05) is 6.92 Å². The van der Waals surface area contributed by atoms with Crippen LogP contribution in [0, 0.1) is 11.7 Å². The molecule has 2 aliphatic rings. The molecule has 190 valence electrons. The van der Waals surface area contributed by atoms with Gasteiger partial charge in [-0.15, -0.1) is 0 Å². The van der Waals surface area contributed by atoms with Crippen molar-refractivity contribution in [3.05, 3.63) is 58.9 Å². The maximum absolute atomic E-state index is 13.5. The van der Waals surface area contributed by atoms with Gasteiger partial charge in [0.2, 0.25) is 15.9 Å². The molecule has 2 atom stereocenters. The average Bonchev–Trinajstić information content (AvgIpc) is 3.20. The zero-order valence-corrected chi connectivity index (χ0v) is 21.5. The van der Waals surface area contributed by atoms with Gasteiger partial charge in [-0.1, -0.05) is 49.8 Å². The number of benzene rings is 2. The highest BCUT2D eigenvalue weighted by atomic mass is 35.5. The molecule has 4 rings (SSSR count). The SMILES string of the molecule is CC(CN1CCc2cc(F)ccc21)NC(=O)[C@H](CC1CCCCC1)NS(=O)(=O)c1cccc(Cl)c1. The predicted octanol–water partition coefficient (Wildman–Crippen LogP) is 4.66. The van der Waals surface area contributed by atoms with Crippen LogP contribution in [0.5, 0.6) is 0 Å². The van der Waals surface area contributed by atoms with E-state index in [4.69, 9.17) is 11.6 Å². The summed E-state index contributed by atoms with van der Waals surface area (Å²) in [6.07, 6.45) is 6.61. The van der Waals surface area contributed by atoms with Crippen LogP contribution in [0.1, 0.15) is 51.0 Å². The Labute approximate surface area is 212 Å². The Kier molecular flexibility index (Phi) is 8.34. The number of sulfonamides is 1. The van der Waals surface area contributed by atoms with Gasteiger partial charge < -0.3 is 10.2 Å². The summed E-state index contributed by atoms with van der Waals surface area (Å²) < 4.78 is 42.4. The lowest BCUT2D eigenvalue weighted by Gasteiger charge is -2.29. The van der Waals surface area contributed by atoms with Crippen LogP contribution in [0.2, 0.25) is 5.02 Å². The average molecular weight is 522 g/mol. The first-order chi connectivity index (χ1) is 16.7. The van der Waals surface area contributed by atoms with Crippen molar-refractivity contribution in [2.24, 2.45) is 5.92 Å². The summed E-state index contributed by atoms with van der Waals surface area (Å²) in [7, 11) is -3.92. The number of nitrogens with zero attached hydrogens (tertiary/aromatic N) is 1. The van der Waals surface area contributed by atoms with Gasteiger partial charge in [-0.2, -0.15) is 4.72 Å². The third kappa shape index (κ3) is 6.74. The smallest absolute Gasteiger partial charge is 0.241 e. The topological polar surface area (TPSA) is 78.5 Å².